The molecule has 8 heteroatoms. The number of carbonyl (C=O) groups excluding carboxylic acids is 4. The molecule has 2 rings (SSSR count). The van der Waals surface area contributed by atoms with Gasteiger partial charge in [-0.25, -0.2) is 9.80 Å². The third-order valence-corrected chi connectivity index (χ3v) is 5.11. The molecular weight excluding hydrogens is 344 g/mol. The highest BCUT2D eigenvalue weighted by molar-refractivity contribution is 8.13. The van der Waals surface area contributed by atoms with Gasteiger partial charge in [-0.15, -0.1) is 0 Å². The van der Waals surface area contributed by atoms with E-state index in [9.17, 15) is 19.2 Å². The third-order valence-electron chi connectivity index (χ3n) is 4.14. The van der Waals surface area contributed by atoms with Crippen LogP contribution in [0.25, 0.3) is 0 Å². The Bertz CT molecular complexity index is 572. The van der Waals surface area contributed by atoms with E-state index >= 15 is 0 Å². The minimum atomic E-state index is -0.785. The number of ether oxygens (including phenoxy) is 1. The molecule has 0 N–H and O–H groups in total. The van der Waals surface area contributed by atoms with Crippen LogP contribution in [-0.2, 0) is 23.9 Å². The van der Waals surface area contributed by atoms with Crippen molar-refractivity contribution in [3.05, 3.63) is 0 Å². The highest BCUT2D eigenvalue weighted by Gasteiger charge is 2.45. The van der Waals surface area contributed by atoms with Crippen molar-refractivity contribution < 1.29 is 23.9 Å². The van der Waals surface area contributed by atoms with Crippen molar-refractivity contribution in [3.8, 4) is 0 Å². The lowest BCUT2D eigenvalue weighted by Crippen LogP contribution is -2.61. The van der Waals surface area contributed by atoms with Gasteiger partial charge in [0.15, 0.2) is 11.2 Å². The Kier molecular flexibility index (Phi) is 6.13. The molecule has 140 valence electrons. The van der Waals surface area contributed by atoms with Gasteiger partial charge in [-0.1, -0.05) is 11.8 Å². The van der Waals surface area contributed by atoms with E-state index in [0.717, 1.165) is 11.8 Å². The fourth-order valence-corrected chi connectivity index (χ4v) is 3.79. The maximum Gasteiger partial charge on any atom is 0.331 e. The van der Waals surface area contributed by atoms with Crippen LogP contribution >= 0.6 is 11.8 Å². The van der Waals surface area contributed by atoms with Crippen molar-refractivity contribution >= 4 is 34.7 Å². The predicted octanol–water partition coefficient (Wildman–Crippen LogP) is 1.75. The van der Waals surface area contributed by atoms with Gasteiger partial charge in [-0.05, 0) is 40.0 Å². The van der Waals surface area contributed by atoms with Crippen molar-refractivity contribution in [3.63, 3.8) is 0 Å². The Balaban J connectivity index is 2.25. The summed E-state index contributed by atoms with van der Waals surface area (Å²) in [6.07, 6.45) is 1.75. The SMILES string of the molecule is CC(=O)SCC1CCC(=O)N2CCCC(C(=O)OC(C)(C)C)N2C1=O. The van der Waals surface area contributed by atoms with Crippen LogP contribution in [0.3, 0.4) is 0 Å². The molecule has 0 aromatic carbocycles. The first kappa shape index (κ1) is 19.8. The molecule has 2 saturated heterocycles. The topological polar surface area (TPSA) is 84.0 Å². The zero-order valence-corrected chi connectivity index (χ0v) is 16.1. The number of hydrogen-bond acceptors (Lipinski definition) is 6. The molecule has 0 saturated carbocycles. The van der Waals surface area contributed by atoms with Crippen LogP contribution in [-0.4, -0.2) is 56.9 Å². The van der Waals surface area contributed by atoms with Crippen LogP contribution in [0.2, 0.25) is 0 Å². The zero-order valence-electron chi connectivity index (χ0n) is 15.2. The summed E-state index contributed by atoms with van der Waals surface area (Å²) < 4.78 is 5.45. The first-order chi connectivity index (χ1) is 11.6. The van der Waals surface area contributed by atoms with Crippen LogP contribution in [0.1, 0.15) is 53.4 Å². The molecule has 2 fully saturated rings. The lowest BCUT2D eigenvalue weighted by atomic mass is 10.0. The molecule has 2 aliphatic rings. The van der Waals surface area contributed by atoms with Gasteiger partial charge in [0.2, 0.25) is 11.8 Å². The average Bonchev–Trinajstić information content (AvgIpc) is 2.62. The standard InChI is InChI=1S/C17H26N2O5S/c1-11(20)25-10-12-7-8-14(21)18-9-5-6-13(19(18)15(12)22)16(23)24-17(2,3)4/h12-13H,5-10H2,1-4H3. The van der Waals surface area contributed by atoms with Gasteiger partial charge >= 0.3 is 5.97 Å². The van der Waals surface area contributed by atoms with Crippen LogP contribution in [0.4, 0.5) is 0 Å². The molecule has 0 aromatic rings. The first-order valence-electron chi connectivity index (χ1n) is 8.59. The Morgan fingerprint density at radius 3 is 2.52 bits per heavy atom. The highest BCUT2D eigenvalue weighted by atomic mass is 32.2. The van der Waals surface area contributed by atoms with E-state index < -0.39 is 23.5 Å². The highest BCUT2D eigenvalue weighted by Crippen LogP contribution is 2.30. The van der Waals surface area contributed by atoms with Gasteiger partial charge in [-0.3, -0.25) is 19.4 Å². The lowest BCUT2D eigenvalue weighted by molar-refractivity contribution is -0.188. The van der Waals surface area contributed by atoms with Crippen molar-refractivity contribution in [2.75, 3.05) is 12.3 Å². The van der Waals surface area contributed by atoms with Crippen molar-refractivity contribution in [1.29, 1.82) is 0 Å². The third kappa shape index (κ3) is 4.96. The minimum absolute atomic E-state index is 0.0671. The number of esters is 1. The molecule has 0 radical (unpaired) electrons. The van der Waals surface area contributed by atoms with Crippen LogP contribution in [0, 0.1) is 5.92 Å². The zero-order chi connectivity index (χ0) is 18.8. The second kappa shape index (κ2) is 7.76. The van der Waals surface area contributed by atoms with Crippen LogP contribution in [0.5, 0.6) is 0 Å². The Morgan fingerprint density at radius 1 is 1.24 bits per heavy atom. The number of thioether (sulfide) groups is 1. The van der Waals surface area contributed by atoms with E-state index in [1.54, 1.807) is 20.8 Å². The number of hydrazine groups is 1. The summed E-state index contributed by atoms with van der Waals surface area (Å²) in [5.74, 6) is -1.04. The first-order valence-corrected chi connectivity index (χ1v) is 9.58. The smallest absolute Gasteiger partial charge is 0.331 e. The number of fused-ring (bicyclic) bond motifs is 1. The van der Waals surface area contributed by atoms with Crippen LogP contribution in [0.15, 0.2) is 0 Å². The number of rotatable bonds is 3. The molecule has 0 spiro atoms. The maximum atomic E-state index is 13.0. The predicted molar refractivity (Wildman–Crippen MR) is 93.3 cm³/mol. The average molecular weight is 370 g/mol. The van der Waals surface area contributed by atoms with Gasteiger partial charge < -0.3 is 4.74 Å². The summed E-state index contributed by atoms with van der Waals surface area (Å²) in [6, 6.07) is -0.785. The number of nitrogens with zero attached hydrogens (tertiary/aromatic N) is 2. The molecule has 2 heterocycles. The normalized spacial score (nSPS) is 24.6. The van der Waals surface area contributed by atoms with Crippen LogP contribution < -0.4 is 0 Å². The molecule has 0 aromatic heterocycles. The second-order valence-electron chi connectivity index (χ2n) is 7.43. The van der Waals surface area contributed by atoms with Gasteiger partial charge in [0.25, 0.3) is 0 Å². The summed E-state index contributed by atoms with van der Waals surface area (Å²) in [5, 5.41) is 2.64. The quantitative estimate of drug-likeness (QED) is 0.704. The van der Waals surface area contributed by atoms with Gasteiger partial charge in [0.05, 0.1) is 0 Å². The number of amides is 2. The van der Waals surface area contributed by atoms with E-state index in [4.69, 9.17) is 4.74 Å². The molecule has 7 nitrogen and oxygen atoms in total. The van der Waals surface area contributed by atoms with E-state index in [2.05, 4.69) is 0 Å². The minimum Gasteiger partial charge on any atom is -0.458 e. The monoisotopic (exact) mass is 370 g/mol. The molecule has 0 bridgehead atoms. The summed E-state index contributed by atoms with van der Waals surface area (Å²) >= 11 is 1.08. The Morgan fingerprint density at radius 2 is 1.92 bits per heavy atom. The fraction of sp³-hybridized carbons (Fsp3) is 0.765. The van der Waals surface area contributed by atoms with Crippen molar-refractivity contribution in [2.45, 2.75) is 65.0 Å². The van der Waals surface area contributed by atoms with Gasteiger partial charge in [-0.2, -0.15) is 0 Å². The lowest BCUT2D eigenvalue weighted by Gasteiger charge is -2.43. The number of carbonyl (C=O) groups is 4. The summed E-state index contributed by atoms with van der Waals surface area (Å²) in [6.45, 7) is 7.19. The van der Waals surface area contributed by atoms with Gasteiger partial charge in [0, 0.05) is 31.6 Å². The van der Waals surface area contributed by atoms with E-state index in [1.807, 2.05) is 0 Å². The van der Waals surface area contributed by atoms with E-state index in [0.29, 0.717) is 31.6 Å². The van der Waals surface area contributed by atoms with Gasteiger partial charge in [0.1, 0.15) is 5.60 Å². The largest absolute Gasteiger partial charge is 0.458 e. The molecule has 2 atom stereocenters. The molecule has 2 amide bonds. The van der Waals surface area contributed by atoms with Crippen molar-refractivity contribution in [1.82, 2.24) is 10.0 Å². The van der Waals surface area contributed by atoms with Crippen molar-refractivity contribution in [2.24, 2.45) is 5.92 Å². The second-order valence-corrected chi connectivity index (χ2v) is 8.63. The molecule has 2 aliphatic heterocycles. The molecular formula is C17H26N2O5S. The number of hydrogen-bond donors (Lipinski definition) is 0. The maximum absolute atomic E-state index is 13.0. The summed E-state index contributed by atoms with van der Waals surface area (Å²) in [4.78, 5) is 49.3. The summed E-state index contributed by atoms with van der Waals surface area (Å²) in [5.41, 5.74) is -0.665. The Hall–Kier alpha value is -1.57. The molecule has 0 aliphatic carbocycles. The Labute approximate surface area is 152 Å². The van der Waals surface area contributed by atoms with E-state index in [-0.39, 0.29) is 23.4 Å². The molecule has 25 heavy (non-hydrogen) atoms. The molecule has 2 unspecified atom stereocenters. The fourth-order valence-electron chi connectivity index (χ4n) is 3.05. The summed E-state index contributed by atoms with van der Waals surface area (Å²) in [7, 11) is 0. The van der Waals surface area contributed by atoms with E-state index in [1.165, 1.54) is 16.9 Å².